The largest absolute Gasteiger partial charge is 3.00 e. The Morgan fingerprint density at radius 3 is 2.33 bits per heavy atom. The molecule has 1 heterocycles. The molecule has 27 heavy (non-hydrogen) atoms. The fraction of sp³-hybridized carbons (Fsp3) is 0.524. The van der Waals surface area contributed by atoms with Gasteiger partial charge in [-0.3, -0.25) is 4.79 Å². The summed E-state index contributed by atoms with van der Waals surface area (Å²) in [6, 6.07) is 0. The molecule has 0 radical (unpaired) electrons. The first-order chi connectivity index (χ1) is 11.8. The molecule has 1 aromatic rings. The van der Waals surface area contributed by atoms with Crippen molar-refractivity contribution >= 4 is 29.4 Å². The Kier molecular flexibility index (Phi) is 18.2. The Balaban J connectivity index is -0.00000139. The quantitative estimate of drug-likeness (QED) is 0.304. The molecular weight excluding hydrogens is 405 g/mol. The molecule has 1 N–H and O–H groups in total. The van der Waals surface area contributed by atoms with Crippen LogP contribution in [0.25, 0.3) is 6.08 Å². The van der Waals surface area contributed by atoms with Gasteiger partial charge in [-0.15, -0.1) is 23.2 Å². The second-order valence-electron chi connectivity index (χ2n) is 6.07. The zero-order valence-electron chi connectivity index (χ0n) is 17.4. The summed E-state index contributed by atoms with van der Waals surface area (Å²) in [5, 5.41) is 9.45. The van der Waals surface area contributed by atoms with E-state index in [1.54, 1.807) is 26.8 Å². The Morgan fingerprint density at radius 1 is 1.33 bits per heavy atom. The van der Waals surface area contributed by atoms with E-state index in [1.807, 2.05) is 11.6 Å². The Morgan fingerprint density at radius 2 is 1.89 bits per heavy atom. The van der Waals surface area contributed by atoms with E-state index in [4.69, 9.17) is 16.7 Å². The molecule has 4 nitrogen and oxygen atoms in total. The van der Waals surface area contributed by atoms with Crippen molar-refractivity contribution in [2.24, 2.45) is 13.0 Å². The summed E-state index contributed by atoms with van der Waals surface area (Å²) in [5.41, 5.74) is 2.28. The molecule has 0 aliphatic carbocycles. The van der Waals surface area contributed by atoms with Crippen molar-refractivity contribution in [1.82, 2.24) is 4.57 Å². The number of aliphatic carboxylic acids is 1. The minimum atomic E-state index is -0.882. The number of aryl methyl sites for hydroxylation is 1. The van der Waals surface area contributed by atoms with Gasteiger partial charge in [0.2, 0.25) is 0 Å². The third-order valence-corrected chi connectivity index (χ3v) is 3.81. The number of carbonyl (C=O) groups excluding carboxylic acids is 1. The predicted octanol–water partition coefficient (Wildman–Crippen LogP) is 5.74. The zero-order valence-corrected chi connectivity index (χ0v) is 19.3. The van der Waals surface area contributed by atoms with Crippen LogP contribution in [0.15, 0.2) is 5.03 Å². The molecule has 0 spiro atoms. The van der Waals surface area contributed by atoms with Gasteiger partial charge in [-0.05, 0) is 24.9 Å². The van der Waals surface area contributed by atoms with Crippen molar-refractivity contribution in [2.45, 2.75) is 59.8 Å². The third-order valence-electron chi connectivity index (χ3n) is 3.70. The zero-order chi connectivity index (χ0) is 19.6. The summed E-state index contributed by atoms with van der Waals surface area (Å²) in [5.74, 6) is -1.12. The molecule has 0 fully saturated rings. The van der Waals surface area contributed by atoms with E-state index in [-0.39, 0.29) is 49.0 Å². The van der Waals surface area contributed by atoms with E-state index >= 15 is 0 Å². The summed E-state index contributed by atoms with van der Waals surface area (Å²) >= 11 is 5.97. The number of nitrogens with zero attached hydrogens (tertiary/aromatic N) is 1. The first kappa shape index (κ1) is 30.7. The molecule has 0 aromatic carbocycles. The van der Waals surface area contributed by atoms with Gasteiger partial charge < -0.3 is 28.8 Å². The summed E-state index contributed by atoms with van der Waals surface area (Å²) in [6.45, 7) is 10.6. The average Bonchev–Trinajstić information content (AvgIpc) is 2.80. The SMILES string of the molecule is CCCCc1c(C(=O)C[C@H](C)CC(=O)O)c(/C=C(\C)Cl)[c-]n1C.[CH2-]C.[CH3-].[Mn+3]. The number of carbonyl (C=O) groups is 2. The van der Waals surface area contributed by atoms with Gasteiger partial charge in [-0.1, -0.05) is 50.6 Å². The molecule has 0 amide bonds. The van der Waals surface area contributed by atoms with Crippen LogP contribution in [0.4, 0.5) is 0 Å². The van der Waals surface area contributed by atoms with Crippen LogP contribution in [0.2, 0.25) is 0 Å². The first-order valence-corrected chi connectivity index (χ1v) is 9.04. The number of Topliss-reactive ketones (excluding diaryl/α,β-unsaturated/α-hetero) is 1. The summed E-state index contributed by atoms with van der Waals surface area (Å²) in [4.78, 5) is 23.5. The van der Waals surface area contributed by atoms with E-state index in [1.165, 1.54) is 0 Å². The van der Waals surface area contributed by atoms with Crippen LogP contribution < -0.4 is 0 Å². The molecule has 0 aliphatic heterocycles. The van der Waals surface area contributed by atoms with Gasteiger partial charge in [0.1, 0.15) is 5.78 Å². The standard InChI is InChI=1S/C18H25ClNO3.C2H5.CH3.Mn/c1-5-6-7-15-18(14(10-13(3)19)11-20(15)4)16(21)8-12(2)9-17(22)23;1-2;;/h10,12H,5-9H2,1-4H3,(H,22,23);1H2,2H3;1H3;/q3*-1;+3/b13-10+;;;/t12-;;;/m0.../s1. The van der Waals surface area contributed by atoms with Crippen molar-refractivity contribution in [2.75, 3.05) is 0 Å². The molecule has 0 saturated heterocycles. The normalized spacial score (nSPS) is 11.4. The number of aromatic nitrogens is 1. The number of allylic oxidation sites excluding steroid dienone is 1. The molecule has 1 rings (SSSR count). The van der Waals surface area contributed by atoms with E-state index in [0.717, 1.165) is 25.0 Å². The summed E-state index contributed by atoms with van der Waals surface area (Å²) < 4.78 is 1.86. The van der Waals surface area contributed by atoms with Crippen LogP contribution >= 0.6 is 11.6 Å². The van der Waals surface area contributed by atoms with Crippen LogP contribution in [-0.4, -0.2) is 21.4 Å². The van der Waals surface area contributed by atoms with Crippen molar-refractivity contribution in [3.05, 3.63) is 42.4 Å². The number of carboxylic acids is 1. The maximum Gasteiger partial charge on any atom is 3.00 e. The Labute approximate surface area is 180 Å². The first-order valence-electron chi connectivity index (χ1n) is 8.66. The molecule has 0 saturated carbocycles. The minimum absolute atomic E-state index is 0. The predicted molar refractivity (Wildman–Crippen MR) is 110 cm³/mol. The van der Waals surface area contributed by atoms with E-state index < -0.39 is 5.97 Å². The van der Waals surface area contributed by atoms with E-state index in [2.05, 4.69) is 20.0 Å². The van der Waals surface area contributed by atoms with Crippen LogP contribution in [0, 0.1) is 26.5 Å². The van der Waals surface area contributed by atoms with Gasteiger partial charge in [0, 0.05) is 12.8 Å². The molecule has 0 unspecified atom stereocenters. The fourth-order valence-electron chi connectivity index (χ4n) is 2.67. The molecule has 1 atom stereocenters. The molecule has 0 bridgehead atoms. The number of hydrogen-bond acceptors (Lipinski definition) is 2. The van der Waals surface area contributed by atoms with Gasteiger partial charge >= 0.3 is 23.0 Å². The smallest absolute Gasteiger partial charge is 0.481 e. The number of halogens is 1. The number of hydrogen-bond donors (Lipinski definition) is 1. The van der Waals surface area contributed by atoms with Crippen LogP contribution in [0.1, 0.15) is 75.0 Å². The Hall–Kier alpha value is -1.03. The van der Waals surface area contributed by atoms with Crippen LogP contribution in [-0.2, 0) is 35.3 Å². The van der Waals surface area contributed by atoms with E-state index in [0.29, 0.717) is 16.2 Å². The molecule has 1 aromatic heterocycles. The molecule has 154 valence electrons. The van der Waals surface area contributed by atoms with Gasteiger partial charge in [0.25, 0.3) is 0 Å². The number of ketones is 1. The minimum Gasteiger partial charge on any atom is -0.481 e. The third kappa shape index (κ3) is 10.8. The Bertz CT molecular complexity index is 605. The molecule has 6 heteroatoms. The summed E-state index contributed by atoms with van der Waals surface area (Å²) in [6.07, 6.45) is 7.94. The van der Waals surface area contributed by atoms with Gasteiger partial charge in [-0.25, -0.2) is 0 Å². The van der Waals surface area contributed by atoms with Crippen LogP contribution in [0.3, 0.4) is 0 Å². The van der Waals surface area contributed by atoms with Gasteiger partial charge in [0.05, 0.1) is 0 Å². The topological polar surface area (TPSA) is 59.3 Å². The van der Waals surface area contributed by atoms with Gasteiger partial charge in [-0.2, -0.15) is 6.92 Å². The summed E-state index contributed by atoms with van der Waals surface area (Å²) in [7, 11) is 1.88. The fourth-order valence-corrected chi connectivity index (χ4v) is 2.78. The number of unbranched alkanes of at least 4 members (excludes halogenated alkanes) is 1. The maximum atomic E-state index is 12.7. The maximum absolute atomic E-state index is 12.7. The van der Waals surface area contributed by atoms with Crippen molar-refractivity contribution in [1.29, 1.82) is 0 Å². The molecular formula is C21H33ClMnNO3. The monoisotopic (exact) mass is 437 g/mol. The second kappa shape index (κ2) is 16.0. The molecule has 0 aliphatic rings. The van der Waals surface area contributed by atoms with E-state index in [9.17, 15) is 9.59 Å². The van der Waals surface area contributed by atoms with Crippen molar-refractivity contribution < 1.29 is 31.8 Å². The number of carboxylic acid groups (broad SMARTS) is 1. The van der Waals surface area contributed by atoms with Crippen molar-refractivity contribution in [3.8, 4) is 0 Å². The van der Waals surface area contributed by atoms with Crippen LogP contribution in [0.5, 0.6) is 0 Å². The second-order valence-corrected chi connectivity index (χ2v) is 6.67. The average molecular weight is 438 g/mol. The van der Waals surface area contributed by atoms with Crippen molar-refractivity contribution in [3.63, 3.8) is 0 Å². The number of rotatable bonds is 9. The van der Waals surface area contributed by atoms with Gasteiger partial charge in [0.15, 0.2) is 0 Å².